The molecule has 0 amide bonds. The van der Waals surface area contributed by atoms with Crippen LogP contribution in [0.15, 0.2) is 12.2 Å². The van der Waals surface area contributed by atoms with E-state index in [1.165, 1.54) is 37.7 Å². The van der Waals surface area contributed by atoms with E-state index in [0.29, 0.717) is 0 Å². The van der Waals surface area contributed by atoms with Gasteiger partial charge in [-0.05, 0) is 38.5 Å². The maximum atomic E-state index is 9.91. The minimum atomic E-state index is -0.0784. The Bertz CT molecular complexity index is 197. The van der Waals surface area contributed by atoms with Gasteiger partial charge in [-0.1, -0.05) is 18.6 Å². The molecule has 1 nitrogen and oxygen atoms in total. The molecule has 2 atom stereocenters. The van der Waals surface area contributed by atoms with Crippen LogP contribution in [0.3, 0.4) is 0 Å². The first-order valence-corrected chi connectivity index (χ1v) is 5.12. The van der Waals surface area contributed by atoms with Crippen molar-refractivity contribution in [2.24, 2.45) is 5.41 Å². The Morgan fingerprint density at radius 1 is 1.25 bits per heavy atom. The Labute approximate surface area is 74.5 Å². The van der Waals surface area contributed by atoms with Crippen LogP contribution in [0.1, 0.15) is 44.9 Å². The summed E-state index contributed by atoms with van der Waals surface area (Å²) in [4.78, 5) is 0. The van der Waals surface area contributed by atoms with E-state index in [1.807, 2.05) is 0 Å². The summed E-state index contributed by atoms with van der Waals surface area (Å²) >= 11 is 0. The normalized spacial score (nSPS) is 42.4. The van der Waals surface area contributed by atoms with Crippen molar-refractivity contribution in [2.45, 2.75) is 51.0 Å². The van der Waals surface area contributed by atoms with Crippen LogP contribution in [-0.4, -0.2) is 11.2 Å². The molecule has 0 bridgehead atoms. The van der Waals surface area contributed by atoms with Gasteiger partial charge in [0.05, 0.1) is 6.10 Å². The summed E-state index contributed by atoms with van der Waals surface area (Å²) in [5, 5.41) is 9.91. The van der Waals surface area contributed by atoms with E-state index < -0.39 is 0 Å². The van der Waals surface area contributed by atoms with Gasteiger partial charge in [-0.2, -0.15) is 0 Å². The Morgan fingerprint density at radius 3 is 2.58 bits per heavy atom. The summed E-state index contributed by atoms with van der Waals surface area (Å²) in [6.45, 7) is 4.14. The van der Waals surface area contributed by atoms with Crippen molar-refractivity contribution in [1.82, 2.24) is 0 Å². The second-order valence-corrected chi connectivity index (χ2v) is 4.37. The summed E-state index contributed by atoms with van der Waals surface area (Å²) in [5.74, 6) is 0. The molecular formula is C11H18O. The number of hydrogen-bond donors (Lipinski definition) is 1. The monoisotopic (exact) mass is 166 g/mol. The average molecular weight is 166 g/mol. The van der Waals surface area contributed by atoms with Gasteiger partial charge in [0.15, 0.2) is 0 Å². The van der Waals surface area contributed by atoms with E-state index in [1.54, 1.807) is 0 Å². The predicted octanol–water partition coefficient (Wildman–Crippen LogP) is 2.65. The van der Waals surface area contributed by atoms with E-state index >= 15 is 0 Å². The van der Waals surface area contributed by atoms with Crippen LogP contribution in [0.25, 0.3) is 0 Å². The highest BCUT2D eigenvalue weighted by Gasteiger charge is 2.44. The standard InChI is InChI=1S/C11H18O/c1-9-5-2-3-7-11(9)8-4-6-10(11)12/h10,12H,1-8H2/t10-,11-/m1/s1. The van der Waals surface area contributed by atoms with E-state index in [9.17, 15) is 5.11 Å². The van der Waals surface area contributed by atoms with Gasteiger partial charge < -0.3 is 5.11 Å². The average Bonchev–Trinajstić information content (AvgIpc) is 2.41. The lowest BCUT2D eigenvalue weighted by molar-refractivity contribution is 0.0606. The van der Waals surface area contributed by atoms with Crippen molar-refractivity contribution in [3.8, 4) is 0 Å². The van der Waals surface area contributed by atoms with Crippen molar-refractivity contribution in [1.29, 1.82) is 0 Å². The molecule has 2 aliphatic carbocycles. The summed E-state index contributed by atoms with van der Waals surface area (Å²) in [6.07, 6.45) is 8.21. The van der Waals surface area contributed by atoms with Gasteiger partial charge in [-0.3, -0.25) is 0 Å². The Balaban J connectivity index is 2.21. The zero-order chi connectivity index (χ0) is 8.60. The van der Waals surface area contributed by atoms with Gasteiger partial charge in [0.2, 0.25) is 0 Å². The van der Waals surface area contributed by atoms with Gasteiger partial charge in [0.25, 0.3) is 0 Å². The summed E-state index contributed by atoms with van der Waals surface area (Å²) in [6, 6.07) is 0. The first kappa shape index (κ1) is 8.31. The van der Waals surface area contributed by atoms with Crippen LogP contribution in [-0.2, 0) is 0 Å². The van der Waals surface area contributed by atoms with Crippen LogP contribution >= 0.6 is 0 Å². The minimum absolute atomic E-state index is 0.0784. The third kappa shape index (κ3) is 1.03. The highest BCUT2D eigenvalue weighted by atomic mass is 16.3. The van der Waals surface area contributed by atoms with Crippen LogP contribution < -0.4 is 0 Å². The molecule has 1 spiro atoms. The second kappa shape index (κ2) is 2.88. The number of hydrogen-bond acceptors (Lipinski definition) is 1. The third-order valence-corrected chi connectivity index (χ3v) is 3.79. The fourth-order valence-corrected chi connectivity index (χ4v) is 2.96. The molecule has 0 aromatic heterocycles. The van der Waals surface area contributed by atoms with Gasteiger partial charge >= 0.3 is 0 Å². The van der Waals surface area contributed by atoms with E-state index in [4.69, 9.17) is 0 Å². The Hall–Kier alpha value is -0.300. The first-order chi connectivity index (χ1) is 5.76. The molecule has 0 heterocycles. The largest absolute Gasteiger partial charge is 0.392 e. The van der Waals surface area contributed by atoms with Crippen molar-refractivity contribution < 1.29 is 5.11 Å². The fourth-order valence-electron chi connectivity index (χ4n) is 2.96. The molecule has 1 heteroatoms. The SMILES string of the molecule is C=C1CCCC[C@@]12CCC[C@H]2O. The van der Waals surface area contributed by atoms with Crippen molar-refractivity contribution in [3.05, 3.63) is 12.2 Å². The lowest BCUT2D eigenvalue weighted by atomic mass is 9.68. The van der Waals surface area contributed by atoms with Crippen LogP contribution in [0.2, 0.25) is 0 Å². The summed E-state index contributed by atoms with van der Waals surface area (Å²) in [7, 11) is 0. The number of aliphatic hydroxyl groups is 1. The van der Waals surface area contributed by atoms with Crippen molar-refractivity contribution >= 4 is 0 Å². The maximum absolute atomic E-state index is 9.91. The molecule has 0 aromatic carbocycles. The molecular weight excluding hydrogens is 148 g/mol. The van der Waals surface area contributed by atoms with E-state index in [-0.39, 0.29) is 11.5 Å². The molecule has 0 aromatic rings. The topological polar surface area (TPSA) is 20.2 Å². The van der Waals surface area contributed by atoms with E-state index in [0.717, 1.165) is 12.8 Å². The van der Waals surface area contributed by atoms with Crippen LogP contribution in [0.5, 0.6) is 0 Å². The lowest BCUT2D eigenvalue weighted by Gasteiger charge is -2.38. The molecule has 2 rings (SSSR count). The molecule has 0 aliphatic heterocycles. The Morgan fingerprint density at radius 2 is 2.00 bits per heavy atom. The van der Waals surface area contributed by atoms with Crippen molar-refractivity contribution in [3.63, 3.8) is 0 Å². The van der Waals surface area contributed by atoms with Gasteiger partial charge in [-0.25, -0.2) is 0 Å². The van der Waals surface area contributed by atoms with Gasteiger partial charge in [0.1, 0.15) is 0 Å². The van der Waals surface area contributed by atoms with Gasteiger partial charge in [-0.15, -0.1) is 0 Å². The predicted molar refractivity (Wildman–Crippen MR) is 49.9 cm³/mol. The molecule has 12 heavy (non-hydrogen) atoms. The molecule has 2 saturated carbocycles. The fraction of sp³-hybridized carbons (Fsp3) is 0.818. The molecule has 1 N–H and O–H groups in total. The van der Waals surface area contributed by atoms with Crippen LogP contribution in [0, 0.1) is 5.41 Å². The molecule has 68 valence electrons. The quantitative estimate of drug-likeness (QED) is 0.548. The highest BCUT2D eigenvalue weighted by molar-refractivity contribution is 5.18. The Kier molecular flexibility index (Phi) is 1.99. The number of aliphatic hydroxyl groups excluding tert-OH is 1. The molecule has 2 fully saturated rings. The van der Waals surface area contributed by atoms with Crippen LogP contribution in [0.4, 0.5) is 0 Å². The van der Waals surface area contributed by atoms with E-state index in [2.05, 4.69) is 6.58 Å². The smallest absolute Gasteiger partial charge is 0.0633 e. The minimum Gasteiger partial charge on any atom is -0.392 e. The zero-order valence-electron chi connectivity index (χ0n) is 7.68. The lowest BCUT2D eigenvalue weighted by Crippen LogP contribution is -2.33. The highest BCUT2D eigenvalue weighted by Crippen LogP contribution is 2.51. The maximum Gasteiger partial charge on any atom is 0.0633 e. The van der Waals surface area contributed by atoms with Gasteiger partial charge in [0, 0.05) is 5.41 Å². The first-order valence-electron chi connectivity index (χ1n) is 5.12. The summed E-state index contributed by atoms with van der Waals surface area (Å²) < 4.78 is 0. The molecule has 0 saturated heterocycles. The summed E-state index contributed by atoms with van der Waals surface area (Å²) in [5.41, 5.74) is 1.48. The van der Waals surface area contributed by atoms with Crippen molar-refractivity contribution in [2.75, 3.05) is 0 Å². The molecule has 0 radical (unpaired) electrons. The molecule has 0 unspecified atom stereocenters. The number of rotatable bonds is 0. The third-order valence-electron chi connectivity index (χ3n) is 3.79. The zero-order valence-corrected chi connectivity index (χ0v) is 7.68. The second-order valence-electron chi connectivity index (χ2n) is 4.37. The molecule has 2 aliphatic rings.